The van der Waals surface area contributed by atoms with Crippen LogP contribution in [0.3, 0.4) is 0 Å². The molecule has 1 aromatic rings. The number of aromatic nitrogens is 1. The van der Waals surface area contributed by atoms with E-state index in [0.29, 0.717) is 6.29 Å². The van der Waals surface area contributed by atoms with Crippen molar-refractivity contribution < 1.29 is 9.59 Å². The number of pyridine rings is 1. The van der Waals surface area contributed by atoms with E-state index in [1.807, 2.05) is 18.2 Å². The third-order valence-electron chi connectivity index (χ3n) is 0.663. The summed E-state index contributed by atoms with van der Waals surface area (Å²) in [6.45, 7) is 4.56. The highest BCUT2D eigenvalue weighted by molar-refractivity contribution is 5.63. The fourth-order valence-corrected chi connectivity index (χ4v) is 0.313. The van der Waals surface area contributed by atoms with Crippen LogP contribution in [-0.2, 0) is 9.59 Å². The summed E-state index contributed by atoms with van der Waals surface area (Å²) in [7, 11) is 0. The Balaban J connectivity index is 0. The van der Waals surface area contributed by atoms with E-state index in [0.717, 1.165) is 6.29 Å². The van der Waals surface area contributed by atoms with Gasteiger partial charge in [0.2, 0.25) is 0 Å². The van der Waals surface area contributed by atoms with E-state index < -0.39 is 0 Å². The molecular weight excluding hydrogens is 166 g/mol. The van der Waals surface area contributed by atoms with Crippen molar-refractivity contribution in [3.63, 3.8) is 0 Å². The lowest BCUT2D eigenvalue weighted by Gasteiger charge is -1.70. The number of aldehydes is 2. The molecule has 0 N–H and O–H groups in total. The molecule has 0 bridgehead atoms. The molecule has 3 heteroatoms. The minimum Gasteiger partial charge on any atom is -0.304 e. The van der Waals surface area contributed by atoms with Gasteiger partial charge in [0.25, 0.3) is 0 Å². The maximum Gasteiger partial charge on any atom is 0.142 e. The molecule has 0 aromatic carbocycles. The van der Waals surface area contributed by atoms with Gasteiger partial charge in [0, 0.05) is 12.4 Å². The molecular formula is C10H13NO2. The smallest absolute Gasteiger partial charge is 0.142 e. The van der Waals surface area contributed by atoms with Gasteiger partial charge in [-0.05, 0) is 25.1 Å². The molecule has 0 aliphatic heterocycles. The Morgan fingerprint density at radius 2 is 1.54 bits per heavy atom. The zero-order valence-electron chi connectivity index (χ0n) is 7.59. The molecule has 0 unspecified atom stereocenters. The van der Waals surface area contributed by atoms with Crippen LogP contribution in [0.4, 0.5) is 0 Å². The van der Waals surface area contributed by atoms with Gasteiger partial charge in [-0.3, -0.25) is 9.78 Å². The standard InChI is InChI=1S/C5H5N.C3H4O.C2H4O/c1-2-4-6-5-3-1;1-2-3-4;1-2-3/h1-5H;2-3H,1H2;2H,1H3. The Labute approximate surface area is 78.1 Å². The quantitative estimate of drug-likeness (QED) is 0.486. The molecule has 0 fully saturated rings. The maximum atomic E-state index is 9.06. The van der Waals surface area contributed by atoms with Gasteiger partial charge in [-0.25, -0.2) is 0 Å². The highest BCUT2D eigenvalue weighted by Crippen LogP contribution is 1.73. The normalized spacial score (nSPS) is 6.23. The van der Waals surface area contributed by atoms with Gasteiger partial charge in [0.1, 0.15) is 12.6 Å². The fraction of sp³-hybridized carbons (Fsp3) is 0.100. The predicted octanol–water partition coefficient (Wildman–Crippen LogP) is 1.66. The molecule has 70 valence electrons. The van der Waals surface area contributed by atoms with Gasteiger partial charge >= 0.3 is 0 Å². The third-order valence-corrected chi connectivity index (χ3v) is 0.663. The van der Waals surface area contributed by atoms with Gasteiger partial charge in [-0.15, -0.1) is 0 Å². The number of nitrogens with zero attached hydrogens (tertiary/aromatic N) is 1. The van der Waals surface area contributed by atoms with Crippen LogP contribution in [0.1, 0.15) is 6.92 Å². The summed E-state index contributed by atoms with van der Waals surface area (Å²) < 4.78 is 0. The Morgan fingerprint density at radius 1 is 1.15 bits per heavy atom. The molecule has 0 saturated carbocycles. The van der Waals surface area contributed by atoms with E-state index in [9.17, 15) is 0 Å². The molecule has 1 heterocycles. The summed E-state index contributed by atoms with van der Waals surface area (Å²) in [6.07, 6.45) is 6.08. The van der Waals surface area contributed by atoms with Crippen molar-refractivity contribution in [2.45, 2.75) is 6.92 Å². The molecule has 0 atom stereocenters. The number of carbonyl (C=O) groups excluding carboxylic acids is 2. The Hall–Kier alpha value is -1.77. The third kappa shape index (κ3) is 25.3. The lowest BCUT2D eigenvalue weighted by molar-refractivity contribution is -0.106. The van der Waals surface area contributed by atoms with Crippen molar-refractivity contribution in [1.29, 1.82) is 0 Å². The van der Waals surface area contributed by atoms with Crippen LogP contribution in [-0.4, -0.2) is 17.6 Å². The van der Waals surface area contributed by atoms with Crippen LogP contribution in [0, 0.1) is 0 Å². The van der Waals surface area contributed by atoms with Crippen molar-refractivity contribution in [2.75, 3.05) is 0 Å². The van der Waals surface area contributed by atoms with Crippen LogP contribution in [0.5, 0.6) is 0 Å². The molecule has 0 saturated heterocycles. The second-order valence-corrected chi connectivity index (χ2v) is 1.63. The van der Waals surface area contributed by atoms with Gasteiger partial charge in [-0.1, -0.05) is 12.6 Å². The Bertz CT molecular complexity index is 177. The summed E-state index contributed by atoms with van der Waals surface area (Å²) in [6, 6.07) is 5.72. The molecule has 0 spiro atoms. The van der Waals surface area contributed by atoms with Crippen molar-refractivity contribution >= 4 is 12.6 Å². The Kier molecular flexibility index (Phi) is 17.7. The van der Waals surface area contributed by atoms with E-state index in [-0.39, 0.29) is 0 Å². The number of allylic oxidation sites excluding steroid dienone is 1. The molecule has 3 nitrogen and oxygen atoms in total. The summed E-state index contributed by atoms with van der Waals surface area (Å²) in [5.41, 5.74) is 0. The van der Waals surface area contributed by atoms with Crippen molar-refractivity contribution in [2.24, 2.45) is 0 Å². The highest BCUT2D eigenvalue weighted by Gasteiger charge is 1.58. The van der Waals surface area contributed by atoms with Crippen LogP contribution in [0.25, 0.3) is 0 Å². The summed E-state index contributed by atoms with van der Waals surface area (Å²) in [4.78, 5) is 21.6. The van der Waals surface area contributed by atoms with Crippen molar-refractivity contribution in [3.05, 3.63) is 43.2 Å². The molecule has 0 aliphatic carbocycles. The molecule has 13 heavy (non-hydrogen) atoms. The number of rotatable bonds is 1. The molecule has 0 aliphatic rings. The first-order valence-corrected chi connectivity index (χ1v) is 3.64. The average molecular weight is 179 g/mol. The van der Waals surface area contributed by atoms with Crippen LogP contribution < -0.4 is 0 Å². The molecule has 1 aromatic heterocycles. The van der Waals surface area contributed by atoms with E-state index >= 15 is 0 Å². The van der Waals surface area contributed by atoms with E-state index in [1.165, 1.54) is 13.0 Å². The van der Waals surface area contributed by atoms with E-state index in [2.05, 4.69) is 11.6 Å². The fourth-order valence-electron chi connectivity index (χ4n) is 0.313. The number of hydrogen-bond acceptors (Lipinski definition) is 3. The minimum absolute atomic E-state index is 0.639. The summed E-state index contributed by atoms with van der Waals surface area (Å²) >= 11 is 0. The number of carbonyl (C=O) groups is 2. The SMILES string of the molecule is C=CC=O.CC=O.c1ccncc1. The van der Waals surface area contributed by atoms with Crippen LogP contribution in [0.15, 0.2) is 43.2 Å². The second-order valence-electron chi connectivity index (χ2n) is 1.63. The maximum absolute atomic E-state index is 9.06. The zero-order chi connectivity index (χ0) is 10.4. The second kappa shape index (κ2) is 16.7. The molecule has 0 amide bonds. The van der Waals surface area contributed by atoms with Gasteiger partial charge in [-0.2, -0.15) is 0 Å². The van der Waals surface area contributed by atoms with Gasteiger partial charge in [0.05, 0.1) is 0 Å². The van der Waals surface area contributed by atoms with Gasteiger partial charge < -0.3 is 4.79 Å². The van der Waals surface area contributed by atoms with Crippen molar-refractivity contribution in [3.8, 4) is 0 Å². The lowest BCUT2D eigenvalue weighted by atomic mass is 10.5. The van der Waals surface area contributed by atoms with Crippen LogP contribution in [0.2, 0.25) is 0 Å². The lowest BCUT2D eigenvalue weighted by Crippen LogP contribution is -1.58. The first-order chi connectivity index (χ1) is 6.33. The van der Waals surface area contributed by atoms with E-state index in [1.54, 1.807) is 12.4 Å². The summed E-state index contributed by atoms with van der Waals surface area (Å²) in [5, 5.41) is 0. The Morgan fingerprint density at radius 3 is 1.62 bits per heavy atom. The number of hydrogen-bond donors (Lipinski definition) is 0. The van der Waals surface area contributed by atoms with Gasteiger partial charge in [0.15, 0.2) is 0 Å². The average Bonchev–Trinajstić information content (AvgIpc) is 2.22. The van der Waals surface area contributed by atoms with Crippen molar-refractivity contribution in [1.82, 2.24) is 4.98 Å². The zero-order valence-corrected chi connectivity index (χ0v) is 7.59. The molecule has 0 radical (unpaired) electrons. The largest absolute Gasteiger partial charge is 0.304 e. The highest BCUT2D eigenvalue weighted by atomic mass is 16.1. The first kappa shape index (κ1) is 13.8. The minimum atomic E-state index is 0.639. The monoisotopic (exact) mass is 179 g/mol. The summed E-state index contributed by atoms with van der Waals surface area (Å²) in [5.74, 6) is 0. The first-order valence-electron chi connectivity index (χ1n) is 3.64. The topological polar surface area (TPSA) is 47.0 Å². The van der Waals surface area contributed by atoms with E-state index in [4.69, 9.17) is 9.59 Å². The molecule has 1 rings (SSSR count). The van der Waals surface area contributed by atoms with Crippen LogP contribution >= 0.6 is 0 Å². The predicted molar refractivity (Wildman–Crippen MR) is 52.2 cm³/mol.